The van der Waals surface area contributed by atoms with Gasteiger partial charge in [-0.1, -0.05) is 294 Å². The van der Waals surface area contributed by atoms with E-state index in [0.717, 1.165) is 25.9 Å². The molecular weight excluding hydrogens is 1240 g/mol. The minimum atomic E-state index is -0.0738. The highest BCUT2D eigenvalue weighted by Gasteiger charge is 2.45. The molecule has 3 aliphatic rings. The molecule has 1 aromatic heterocycles. The highest BCUT2D eigenvalue weighted by atomic mass is 79.9. The number of alkyl halides is 2. The van der Waals surface area contributed by atoms with Crippen molar-refractivity contribution >= 4 is 104 Å². The summed E-state index contributed by atoms with van der Waals surface area (Å²) in [6.07, 6.45) is 32.7. The van der Waals surface area contributed by atoms with Gasteiger partial charge in [0.25, 0.3) is 0 Å². The Bertz CT molecular complexity index is 3910. The van der Waals surface area contributed by atoms with E-state index in [0.29, 0.717) is 5.92 Å². The molecule has 0 amide bonds. The molecule has 0 fully saturated rings. The number of aryl methyl sites for hydroxylation is 1. The fourth-order valence-electron chi connectivity index (χ4n) is 12.9. The molecule has 0 saturated carbocycles. The molecule has 8 aromatic rings. The van der Waals surface area contributed by atoms with E-state index in [-0.39, 0.29) is 16.2 Å². The Morgan fingerprint density at radius 2 is 0.802 bits per heavy atom. The van der Waals surface area contributed by atoms with E-state index in [1.807, 2.05) is 67.1 Å². The van der Waals surface area contributed by atoms with E-state index in [9.17, 15) is 0 Å². The number of pyridine rings is 1. The first-order valence-electron chi connectivity index (χ1n) is 33.4. The number of fused-ring (bicyclic) bond motifs is 10. The standard InChI is InChI=1S/C41H45N2.C34H35N2.4C2H6.2CH3Br/c1-29(2)27-28-43-35-26-24-31-18-14-16-20-33(31)39(35)41(5,6)37(43)22-12-10-8-9-11-21-36-40(3,4)38-32-19-15-13-17-30(32)23-25-34(38)42(36)7;1-5-25-36-31-24-22-26-15-11-13-18-29(26)33(31)34(2,3)32(36)20-10-8-6-7-9-17-28-23-21-27-16-12-14-19-30(27)35(28)4;6*1-2/h8-26,29H,27-28H2,1-7H3;6-24H,5,25H2,1-4H3;4*1-2H3;2*1H3/q2*+1;;;;;;. The molecule has 7 aromatic carbocycles. The molecule has 11 rings (SSSR count). The van der Waals surface area contributed by atoms with Gasteiger partial charge in [-0.2, -0.15) is 9.14 Å². The van der Waals surface area contributed by atoms with Gasteiger partial charge < -0.3 is 9.80 Å². The zero-order valence-corrected chi connectivity index (χ0v) is 62.6. The number of rotatable bonds is 13. The number of allylic oxidation sites excluding steroid dienone is 15. The fourth-order valence-corrected chi connectivity index (χ4v) is 12.9. The van der Waals surface area contributed by atoms with E-state index in [4.69, 9.17) is 0 Å². The smallest absolute Gasteiger partial charge is 0.212 e. The number of anilines is 2. The number of hydrogen-bond donors (Lipinski definition) is 0. The number of para-hydroxylation sites is 1. The Hall–Kier alpha value is -7.12. The second-order valence-corrected chi connectivity index (χ2v) is 23.6. The van der Waals surface area contributed by atoms with Crippen molar-refractivity contribution in [3.8, 4) is 0 Å². The van der Waals surface area contributed by atoms with Crippen LogP contribution in [0.2, 0.25) is 0 Å². The fraction of sp³-hybridized carbons (Fsp3) is 0.341. The Labute approximate surface area is 568 Å². The number of halogens is 2. The van der Waals surface area contributed by atoms with Crippen LogP contribution in [0.25, 0.3) is 49.3 Å². The van der Waals surface area contributed by atoms with Crippen molar-refractivity contribution < 1.29 is 9.14 Å². The van der Waals surface area contributed by atoms with Crippen molar-refractivity contribution in [3.05, 3.63) is 258 Å². The molecule has 0 atom stereocenters. The summed E-state index contributed by atoms with van der Waals surface area (Å²) in [7, 11) is 4.30. The van der Waals surface area contributed by atoms with Crippen LogP contribution >= 0.6 is 31.9 Å². The van der Waals surface area contributed by atoms with Gasteiger partial charge in [0.1, 0.15) is 14.1 Å². The first kappa shape index (κ1) is 76.3. The minimum Gasteiger partial charge on any atom is -0.344 e. The quantitative estimate of drug-likeness (QED) is 0.0648. The molecule has 0 N–H and O–H groups in total. The maximum absolute atomic E-state index is 2.94. The molecule has 4 nitrogen and oxygen atoms in total. The van der Waals surface area contributed by atoms with Gasteiger partial charge in [-0.3, -0.25) is 0 Å². The van der Waals surface area contributed by atoms with Crippen molar-refractivity contribution in [3.63, 3.8) is 0 Å². The first-order valence-corrected chi connectivity index (χ1v) is 36.6. The van der Waals surface area contributed by atoms with Gasteiger partial charge in [0.15, 0.2) is 5.71 Å². The average Bonchev–Trinajstić information content (AvgIpc) is 1.61. The molecule has 3 aliphatic heterocycles. The minimum absolute atomic E-state index is 0.0514. The van der Waals surface area contributed by atoms with Gasteiger partial charge in [0.2, 0.25) is 16.9 Å². The first-order chi connectivity index (χ1) is 44.1. The second kappa shape index (κ2) is 37.4. The summed E-state index contributed by atoms with van der Waals surface area (Å²) in [6.45, 7) is 39.1. The van der Waals surface area contributed by atoms with Crippen LogP contribution in [-0.2, 0) is 23.3 Å². The molecule has 0 aliphatic carbocycles. The monoisotopic (exact) mass is 1340 g/mol. The van der Waals surface area contributed by atoms with Crippen LogP contribution in [0.4, 0.5) is 17.1 Å². The highest BCUT2D eigenvalue weighted by molar-refractivity contribution is 9.09. The van der Waals surface area contributed by atoms with Crippen molar-refractivity contribution in [2.45, 2.75) is 147 Å². The van der Waals surface area contributed by atoms with Crippen molar-refractivity contribution in [2.75, 3.05) is 41.6 Å². The Morgan fingerprint density at radius 3 is 1.27 bits per heavy atom. The largest absolute Gasteiger partial charge is 0.344 e. The Kier molecular flexibility index (Phi) is 31.4. The lowest BCUT2D eigenvalue weighted by molar-refractivity contribution is -0.646. The number of benzene rings is 7. The van der Waals surface area contributed by atoms with Crippen LogP contribution in [0.5, 0.6) is 0 Å². The van der Waals surface area contributed by atoms with Crippen LogP contribution in [0.15, 0.2) is 236 Å². The van der Waals surface area contributed by atoms with Crippen LogP contribution in [-0.4, -0.2) is 42.1 Å². The Balaban J connectivity index is 0.000000337. The summed E-state index contributed by atoms with van der Waals surface area (Å²) < 4.78 is 4.58. The van der Waals surface area contributed by atoms with Crippen LogP contribution in [0, 0.1) is 5.92 Å². The van der Waals surface area contributed by atoms with Crippen LogP contribution < -0.4 is 14.4 Å². The lowest BCUT2D eigenvalue weighted by Crippen LogP contribution is -2.32. The molecule has 4 heterocycles. The molecule has 0 saturated heterocycles. The summed E-state index contributed by atoms with van der Waals surface area (Å²) in [4.78, 5) is 5.07. The van der Waals surface area contributed by atoms with Crippen molar-refractivity contribution in [1.29, 1.82) is 0 Å². The van der Waals surface area contributed by atoms with Crippen molar-refractivity contribution in [1.82, 2.24) is 0 Å². The maximum Gasteiger partial charge on any atom is 0.212 e. The molecule has 0 bridgehead atoms. The molecule has 0 spiro atoms. The van der Waals surface area contributed by atoms with E-state index in [1.54, 1.807) is 0 Å². The van der Waals surface area contributed by atoms with Crippen LogP contribution in [0.1, 0.15) is 153 Å². The van der Waals surface area contributed by atoms with E-state index >= 15 is 0 Å². The average molecular weight is 1350 g/mol. The normalized spacial score (nSPS) is 15.6. The van der Waals surface area contributed by atoms with Crippen LogP contribution in [0.3, 0.4) is 0 Å². The van der Waals surface area contributed by atoms with Crippen molar-refractivity contribution in [2.24, 2.45) is 13.0 Å². The molecule has 0 unspecified atom stereocenters. The lowest BCUT2D eigenvalue weighted by atomic mass is 9.79. The zero-order chi connectivity index (χ0) is 67.5. The van der Waals surface area contributed by atoms with Gasteiger partial charge in [0.05, 0.1) is 5.41 Å². The van der Waals surface area contributed by atoms with Gasteiger partial charge in [0, 0.05) is 88.0 Å². The topological polar surface area (TPSA) is 13.4 Å². The molecule has 6 heteroatoms. The highest BCUT2D eigenvalue weighted by Crippen LogP contribution is 2.52. The third-order valence-corrected chi connectivity index (χ3v) is 16.8. The third-order valence-electron chi connectivity index (χ3n) is 16.8. The van der Waals surface area contributed by atoms with E-state index in [2.05, 4.69) is 358 Å². The summed E-state index contributed by atoms with van der Waals surface area (Å²) in [5.74, 6) is 4.28. The SMILES string of the molecule is CBr.CBr.CC.CC.CC.CC.CC(C)CCN1/C(=C/C=C/C=C/C=C/C2=[N+](C)c3ccc4ccccc4c3C2(C)C)C(C)(C)c2c1ccc1ccccc21.CCCN1/C(=C/C=C/C=C/C=C/c2ccc3ccccc3[n+]2C)C(C)(C)c2c1ccc1ccccc21. The number of aromatic nitrogens is 1. The van der Waals surface area contributed by atoms with Gasteiger partial charge in [-0.15, -0.1) is 0 Å². The predicted molar refractivity (Wildman–Crippen MR) is 417 cm³/mol. The summed E-state index contributed by atoms with van der Waals surface area (Å²) >= 11 is 5.88. The second-order valence-electron chi connectivity index (χ2n) is 23.6. The Morgan fingerprint density at radius 1 is 0.418 bits per heavy atom. The summed E-state index contributed by atoms with van der Waals surface area (Å²) in [5, 5.41) is 9.26. The molecule has 482 valence electrons. The molecule has 0 radical (unpaired) electrons. The van der Waals surface area contributed by atoms with E-state index < -0.39 is 0 Å². The molecular formula is C85H110Br2N4+2. The van der Waals surface area contributed by atoms with Gasteiger partial charge in [-0.25, -0.2) is 0 Å². The maximum atomic E-state index is 2.94. The van der Waals surface area contributed by atoms with Gasteiger partial charge >= 0.3 is 0 Å². The lowest BCUT2D eigenvalue weighted by Gasteiger charge is -2.27. The predicted octanol–water partition coefficient (Wildman–Crippen LogP) is 24.6. The van der Waals surface area contributed by atoms with E-state index in [1.165, 1.54) is 99.8 Å². The number of hydrogen-bond acceptors (Lipinski definition) is 2. The third kappa shape index (κ3) is 17.3. The van der Waals surface area contributed by atoms with Gasteiger partial charge in [-0.05, 0) is 130 Å². The zero-order valence-electron chi connectivity index (χ0n) is 59.4. The number of nitrogens with zero attached hydrogens (tertiary/aromatic N) is 4. The summed E-state index contributed by atoms with van der Waals surface area (Å²) in [6, 6.07) is 52.8. The molecule has 91 heavy (non-hydrogen) atoms. The summed E-state index contributed by atoms with van der Waals surface area (Å²) in [5.41, 5.74) is 14.6.